The fourth-order valence-electron chi connectivity index (χ4n) is 1.69. The summed E-state index contributed by atoms with van der Waals surface area (Å²) in [4.78, 5) is 12.7. The van der Waals surface area contributed by atoms with Crippen LogP contribution in [0.25, 0.3) is 0 Å². The molecule has 0 bridgehead atoms. The molecule has 1 amide bonds. The molecular formula is C13H13BrN2OS. The molecule has 0 radical (unpaired) electrons. The number of nitrogens with two attached hydrogens (primary N) is 1. The van der Waals surface area contributed by atoms with Gasteiger partial charge in [-0.2, -0.15) is 0 Å². The van der Waals surface area contributed by atoms with E-state index >= 15 is 0 Å². The van der Waals surface area contributed by atoms with Gasteiger partial charge in [0.25, 0.3) is 0 Å². The molecule has 3 nitrogen and oxygen atoms in total. The van der Waals surface area contributed by atoms with Crippen LogP contribution < -0.4 is 11.1 Å². The SMILES string of the molecule is NC(=O)C(NCc1cccs1)c1ccccc1Br. The number of hydrogen-bond donors (Lipinski definition) is 2. The Labute approximate surface area is 118 Å². The van der Waals surface area contributed by atoms with Crippen molar-refractivity contribution in [1.82, 2.24) is 5.32 Å². The van der Waals surface area contributed by atoms with Gasteiger partial charge >= 0.3 is 0 Å². The van der Waals surface area contributed by atoms with Crippen LogP contribution in [0, 0.1) is 0 Å². The molecule has 1 unspecified atom stereocenters. The Morgan fingerprint density at radius 1 is 1.33 bits per heavy atom. The van der Waals surface area contributed by atoms with Crippen molar-refractivity contribution in [2.24, 2.45) is 5.73 Å². The monoisotopic (exact) mass is 324 g/mol. The van der Waals surface area contributed by atoms with E-state index in [0.29, 0.717) is 6.54 Å². The van der Waals surface area contributed by atoms with Gasteiger partial charge in [0, 0.05) is 15.9 Å². The van der Waals surface area contributed by atoms with E-state index < -0.39 is 6.04 Å². The number of carbonyl (C=O) groups is 1. The minimum atomic E-state index is -0.484. The minimum Gasteiger partial charge on any atom is -0.368 e. The Kier molecular flexibility index (Phi) is 4.52. The largest absolute Gasteiger partial charge is 0.368 e. The van der Waals surface area contributed by atoms with Crippen LogP contribution in [0.5, 0.6) is 0 Å². The van der Waals surface area contributed by atoms with Crippen molar-refractivity contribution < 1.29 is 4.79 Å². The van der Waals surface area contributed by atoms with Crippen molar-refractivity contribution in [2.45, 2.75) is 12.6 Å². The third-order valence-electron chi connectivity index (χ3n) is 2.56. The lowest BCUT2D eigenvalue weighted by Gasteiger charge is -2.16. The number of benzene rings is 1. The lowest BCUT2D eigenvalue weighted by molar-refractivity contribution is -0.120. The van der Waals surface area contributed by atoms with Gasteiger partial charge in [-0.25, -0.2) is 0 Å². The first-order chi connectivity index (χ1) is 8.68. The maximum Gasteiger partial charge on any atom is 0.239 e. The summed E-state index contributed by atoms with van der Waals surface area (Å²) in [5, 5.41) is 5.19. The molecule has 94 valence electrons. The summed E-state index contributed by atoms with van der Waals surface area (Å²) in [6.45, 7) is 0.632. The Morgan fingerprint density at radius 2 is 2.11 bits per heavy atom. The zero-order valence-electron chi connectivity index (χ0n) is 9.60. The van der Waals surface area contributed by atoms with E-state index in [0.717, 1.165) is 10.0 Å². The van der Waals surface area contributed by atoms with Crippen molar-refractivity contribution in [1.29, 1.82) is 0 Å². The van der Waals surface area contributed by atoms with Gasteiger partial charge in [-0.3, -0.25) is 10.1 Å². The van der Waals surface area contributed by atoms with E-state index in [2.05, 4.69) is 21.2 Å². The van der Waals surface area contributed by atoms with E-state index in [1.54, 1.807) is 11.3 Å². The van der Waals surface area contributed by atoms with Crippen LogP contribution in [0.2, 0.25) is 0 Å². The van der Waals surface area contributed by atoms with E-state index in [1.807, 2.05) is 41.8 Å². The smallest absolute Gasteiger partial charge is 0.239 e. The average Bonchev–Trinajstić information content (AvgIpc) is 2.84. The Bertz CT molecular complexity index is 528. The predicted molar refractivity (Wildman–Crippen MR) is 77.2 cm³/mol. The number of halogens is 1. The minimum absolute atomic E-state index is 0.376. The zero-order chi connectivity index (χ0) is 13.0. The van der Waals surface area contributed by atoms with Crippen LogP contribution in [0.15, 0.2) is 46.3 Å². The molecule has 5 heteroatoms. The summed E-state index contributed by atoms with van der Waals surface area (Å²) in [7, 11) is 0. The third-order valence-corrected chi connectivity index (χ3v) is 4.16. The van der Waals surface area contributed by atoms with E-state index in [4.69, 9.17) is 5.73 Å². The van der Waals surface area contributed by atoms with Crippen molar-refractivity contribution >= 4 is 33.2 Å². The molecule has 0 spiro atoms. The summed E-state index contributed by atoms with van der Waals surface area (Å²) in [6, 6.07) is 11.1. The molecule has 0 aliphatic heterocycles. The fraction of sp³-hybridized carbons (Fsp3) is 0.154. The first-order valence-electron chi connectivity index (χ1n) is 5.48. The molecule has 0 fully saturated rings. The lowest BCUT2D eigenvalue weighted by atomic mass is 10.1. The van der Waals surface area contributed by atoms with Crippen molar-refractivity contribution in [3.8, 4) is 0 Å². The van der Waals surface area contributed by atoms with Crippen LogP contribution in [-0.4, -0.2) is 5.91 Å². The summed E-state index contributed by atoms with van der Waals surface area (Å²) in [6.07, 6.45) is 0. The highest BCUT2D eigenvalue weighted by Gasteiger charge is 2.19. The fourth-order valence-corrected chi connectivity index (χ4v) is 2.86. The second-order valence-corrected chi connectivity index (χ2v) is 5.70. The molecule has 2 aromatic rings. The number of rotatable bonds is 5. The highest BCUT2D eigenvalue weighted by Crippen LogP contribution is 2.23. The van der Waals surface area contributed by atoms with E-state index in [1.165, 1.54) is 4.88 Å². The molecule has 0 saturated carbocycles. The average molecular weight is 325 g/mol. The molecule has 1 aromatic heterocycles. The van der Waals surface area contributed by atoms with Crippen molar-refractivity contribution in [2.75, 3.05) is 0 Å². The molecule has 1 heterocycles. The van der Waals surface area contributed by atoms with Crippen molar-refractivity contribution in [3.63, 3.8) is 0 Å². The summed E-state index contributed by atoms with van der Waals surface area (Å²) >= 11 is 5.09. The van der Waals surface area contributed by atoms with Crippen LogP contribution >= 0.6 is 27.3 Å². The second kappa shape index (κ2) is 6.13. The number of amides is 1. The van der Waals surface area contributed by atoms with E-state index in [-0.39, 0.29) is 5.91 Å². The normalized spacial score (nSPS) is 12.3. The number of thiophene rings is 1. The molecule has 2 rings (SSSR count). The van der Waals surface area contributed by atoms with Gasteiger partial charge in [0.1, 0.15) is 6.04 Å². The topological polar surface area (TPSA) is 55.1 Å². The first-order valence-corrected chi connectivity index (χ1v) is 7.15. The molecule has 1 aromatic carbocycles. The molecule has 18 heavy (non-hydrogen) atoms. The van der Waals surface area contributed by atoms with Gasteiger partial charge in [-0.1, -0.05) is 40.2 Å². The molecule has 0 saturated heterocycles. The molecule has 3 N–H and O–H groups in total. The quantitative estimate of drug-likeness (QED) is 0.888. The van der Waals surface area contributed by atoms with Crippen LogP contribution in [0.3, 0.4) is 0 Å². The molecular weight excluding hydrogens is 312 g/mol. The Hall–Kier alpha value is -1.17. The number of nitrogens with one attached hydrogen (secondary N) is 1. The molecule has 0 aliphatic carbocycles. The predicted octanol–water partition coefficient (Wildman–Crippen LogP) is 2.83. The summed E-state index contributed by atoms with van der Waals surface area (Å²) < 4.78 is 0.882. The van der Waals surface area contributed by atoms with Gasteiger partial charge in [0.05, 0.1) is 0 Å². The Balaban J connectivity index is 2.14. The molecule has 0 aliphatic rings. The van der Waals surface area contributed by atoms with E-state index in [9.17, 15) is 4.79 Å². The molecule has 1 atom stereocenters. The summed E-state index contributed by atoms with van der Waals surface area (Å²) in [5.41, 5.74) is 6.32. The van der Waals surface area contributed by atoms with Gasteiger partial charge in [-0.05, 0) is 23.1 Å². The lowest BCUT2D eigenvalue weighted by Crippen LogP contribution is -2.33. The zero-order valence-corrected chi connectivity index (χ0v) is 12.0. The van der Waals surface area contributed by atoms with Crippen LogP contribution in [0.1, 0.15) is 16.5 Å². The highest BCUT2D eigenvalue weighted by atomic mass is 79.9. The highest BCUT2D eigenvalue weighted by molar-refractivity contribution is 9.10. The number of primary amides is 1. The van der Waals surface area contributed by atoms with Crippen LogP contribution in [0.4, 0.5) is 0 Å². The third kappa shape index (κ3) is 3.19. The van der Waals surface area contributed by atoms with Gasteiger partial charge in [0.15, 0.2) is 0 Å². The number of carbonyl (C=O) groups excluding carboxylic acids is 1. The standard InChI is InChI=1S/C13H13BrN2OS/c14-11-6-2-1-5-10(11)12(13(15)17)16-8-9-4-3-7-18-9/h1-7,12,16H,8H2,(H2,15,17). The van der Waals surface area contributed by atoms with Gasteiger partial charge < -0.3 is 5.73 Å². The maximum absolute atomic E-state index is 11.6. The summed E-state index contributed by atoms with van der Waals surface area (Å²) in [5.74, 6) is -0.376. The van der Waals surface area contributed by atoms with Gasteiger partial charge in [-0.15, -0.1) is 11.3 Å². The van der Waals surface area contributed by atoms with Crippen molar-refractivity contribution in [3.05, 3.63) is 56.7 Å². The van der Waals surface area contributed by atoms with Crippen LogP contribution in [-0.2, 0) is 11.3 Å². The second-order valence-electron chi connectivity index (χ2n) is 3.82. The Morgan fingerprint density at radius 3 is 2.72 bits per heavy atom. The first kappa shape index (κ1) is 13.3. The van der Waals surface area contributed by atoms with Gasteiger partial charge in [0.2, 0.25) is 5.91 Å². The maximum atomic E-state index is 11.6. The number of hydrogen-bond acceptors (Lipinski definition) is 3.